The SMILES string of the molecule is CCCCCCc1ccc(Oc2ncccn2)cc1. The Hall–Kier alpha value is -1.90. The quantitative estimate of drug-likeness (QED) is 0.689. The average molecular weight is 256 g/mol. The highest BCUT2D eigenvalue weighted by Gasteiger charge is 1.99. The molecule has 0 spiro atoms. The standard InChI is InChI=1S/C16H20N2O/c1-2-3-4-5-7-14-8-10-15(11-9-14)19-16-17-12-6-13-18-16/h6,8-13H,2-5,7H2,1H3. The number of aromatic nitrogens is 2. The Morgan fingerprint density at radius 2 is 1.68 bits per heavy atom. The van der Waals surface area contributed by atoms with Crippen LogP contribution >= 0.6 is 0 Å². The van der Waals surface area contributed by atoms with Crippen LogP contribution in [0.3, 0.4) is 0 Å². The largest absolute Gasteiger partial charge is 0.424 e. The summed E-state index contributed by atoms with van der Waals surface area (Å²) < 4.78 is 5.55. The Bertz CT molecular complexity index is 468. The van der Waals surface area contributed by atoms with Crippen LogP contribution in [0.2, 0.25) is 0 Å². The molecule has 0 amide bonds. The molecule has 0 saturated carbocycles. The van der Waals surface area contributed by atoms with Crippen LogP contribution in [0.1, 0.15) is 38.2 Å². The normalized spacial score (nSPS) is 10.4. The molecule has 19 heavy (non-hydrogen) atoms. The van der Waals surface area contributed by atoms with E-state index in [-0.39, 0.29) is 0 Å². The lowest BCUT2D eigenvalue weighted by atomic mass is 10.1. The molecule has 0 aliphatic rings. The minimum Gasteiger partial charge on any atom is -0.424 e. The van der Waals surface area contributed by atoms with Gasteiger partial charge in [0.05, 0.1) is 0 Å². The zero-order valence-electron chi connectivity index (χ0n) is 11.4. The zero-order valence-corrected chi connectivity index (χ0v) is 11.4. The number of nitrogens with zero attached hydrogens (tertiary/aromatic N) is 2. The molecule has 1 aromatic heterocycles. The topological polar surface area (TPSA) is 35.0 Å². The summed E-state index contributed by atoms with van der Waals surface area (Å²) >= 11 is 0. The molecule has 3 heteroatoms. The summed E-state index contributed by atoms with van der Waals surface area (Å²) in [6, 6.07) is 10.3. The highest BCUT2D eigenvalue weighted by Crippen LogP contribution is 2.18. The predicted molar refractivity (Wildman–Crippen MR) is 76.4 cm³/mol. The van der Waals surface area contributed by atoms with Crippen LogP contribution in [0.15, 0.2) is 42.7 Å². The lowest BCUT2D eigenvalue weighted by molar-refractivity contribution is 0.441. The first kappa shape index (κ1) is 13.5. The minimum absolute atomic E-state index is 0.387. The Balaban J connectivity index is 1.84. The van der Waals surface area contributed by atoms with Crippen molar-refractivity contribution < 1.29 is 4.74 Å². The minimum atomic E-state index is 0.387. The van der Waals surface area contributed by atoms with Gasteiger partial charge >= 0.3 is 6.01 Å². The summed E-state index contributed by atoms with van der Waals surface area (Å²) in [6.45, 7) is 2.23. The van der Waals surface area contributed by atoms with E-state index in [0.29, 0.717) is 6.01 Å². The molecule has 1 heterocycles. The van der Waals surface area contributed by atoms with Crippen LogP contribution in [0.25, 0.3) is 0 Å². The number of ether oxygens (including phenoxy) is 1. The van der Waals surface area contributed by atoms with E-state index in [4.69, 9.17) is 4.74 Å². The van der Waals surface area contributed by atoms with Gasteiger partial charge in [0, 0.05) is 12.4 Å². The maximum absolute atomic E-state index is 5.55. The molecular formula is C16H20N2O. The van der Waals surface area contributed by atoms with E-state index in [1.807, 2.05) is 12.1 Å². The molecule has 0 atom stereocenters. The van der Waals surface area contributed by atoms with E-state index in [0.717, 1.165) is 12.2 Å². The number of benzene rings is 1. The van der Waals surface area contributed by atoms with Crippen LogP contribution in [0, 0.1) is 0 Å². The summed E-state index contributed by atoms with van der Waals surface area (Å²) in [5, 5.41) is 0. The first-order valence-electron chi connectivity index (χ1n) is 6.92. The molecule has 1 aromatic carbocycles. The van der Waals surface area contributed by atoms with Gasteiger partial charge in [-0.25, -0.2) is 9.97 Å². The van der Waals surface area contributed by atoms with E-state index in [2.05, 4.69) is 29.0 Å². The third-order valence-electron chi connectivity index (χ3n) is 2.99. The van der Waals surface area contributed by atoms with Crippen LogP contribution in [0.5, 0.6) is 11.8 Å². The summed E-state index contributed by atoms with van der Waals surface area (Å²) in [5.41, 5.74) is 1.36. The Morgan fingerprint density at radius 1 is 0.947 bits per heavy atom. The Labute approximate surface area is 114 Å². The van der Waals surface area contributed by atoms with Gasteiger partial charge in [0.2, 0.25) is 0 Å². The van der Waals surface area contributed by atoms with Crippen molar-refractivity contribution in [3.8, 4) is 11.8 Å². The molecule has 100 valence electrons. The van der Waals surface area contributed by atoms with Crippen molar-refractivity contribution in [2.24, 2.45) is 0 Å². The molecular weight excluding hydrogens is 236 g/mol. The van der Waals surface area contributed by atoms with E-state index in [9.17, 15) is 0 Å². The number of rotatable bonds is 7. The van der Waals surface area contributed by atoms with E-state index >= 15 is 0 Å². The lowest BCUT2D eigenvalue weighted by Crippen LogP contribution is -1.91. The van der Waals surface area contributed by atoms with Crippen molar-refractivity contribution >= 4 is 0 Å². The highest BCUT2D eigenvalue weighted by atomic mass is 16.5. The van der Waals surface area contributed by atoms with Crippen molar-refractivity contribution in [3.05, 3.63) is 48.3 Å². The Morgan fingerprint density at radius 3 is 2.37 bits per heavy atom. The van der Waals surface area contributed by atoms with Crippen LogP contribution in [-0.2, 0) is 6.42 Å². The van der Waals surface area contributed by atoms with Crippen molar-refractivity contribution in [2.45, 2.75) is 39.0 Å². The van der Waals surface area contributed by atoms with Gasteiger partial charge < -0.3 is 4.74 Å². The predicted octanol–water partition coefficient (Wildman–Crippen LogP) is 4.39. The lowest BCUT2D eigenvalue weighted by Gasteiger charge is -2.05. The molecule has 0 N–H and O–H groups in total. The molecule has 0 saturated heterocycles. The maximum Gasteiger partial charge on any atom is 0.321 e. The average Bonchev–Trinajstić information content (AvgIpc) is 2.46. The van der Waals surface area contributed by atoms with Gasteiger partial charge in [0.15, 0.2) is 0 Å². The molecule has 2 aromatic rings. The van der Waals surface area contributed by atoms with Gasteiger partial charge in [0.25, 0.3) is 0 Å². The summed E-state index contributed by atoms with van der Waals surface area (Å²) in [4.78, 5) is 8.07. The molecule has 0 fully saturated rings. The molecule has 0 unspecified atom stereocenters. The monoisotopic (exact) mass is 256 g/mol. The molecule has 0 bridgehead atoms. The van der Waals surface area contributed by atoms with Gasteiger partial charge in [0.1, 0.15) is 5.75 Å². The fourth-order valence-electron chi connectivity index (χ4n) is 1.92. The van der Waals surface area contributed by atoms with Crippen molar-refractivity contribution in [1.29, 1.82) is 0 Å². The molecule has 2 rings (SSSR count). The fraction of sp³-hybridized carbons (Fsp3) is 0.375. The summed E-state index contributed by atoms with van der Waals surface area (Å²) in [5.74, 6) is 0.781. The molecule has 0 radical (unpaired) electrons. The highest BCUT2D eigenvalue weighted by molar-refractivity contribution is 5.29. The number of aryl methyl sites for hydroxylation is 1. The zero-order chi connectivity index (χ0) is 13.3. The third-order valence-corrected chi connectivity index (χ3v) is 2.99. The molecule has 3 nitrogen and oxygen atoms in total. The molecule has 0 aliphatic carbocycles. The second-order valence-electron chi connectivity index (χ2n) is 4.59. The van der Waals surface area contributed by atoms with E-state index in [1.54, 1.807) is 18.5 Å². The van der Waals surface area contributed by atoms with Gasteiger partial charge in [-0.15, -0.1) is 0 Å². The van der Waals surface area contributed by atoms with E-state index < -0.39 is 0 Å². The first-order chi connectivity index (χ1) is 9.38. The third kappa shape index (κ3) is 4.70. The second kappa shape index (κ2) is 7.52. The number of hydrogen-bond donors (Lipinski definition) is 0. The first-order valence-corrected chi connectivity index (χ1v) is 6.92. The maximum atomic E-state index is 5.55. The Kier molecular flexibility index (Phi) is 5.35. The van der Waals surface area contributed by atoms with Crippen molar-refractivity contribution in [1.82, 2.24) is 9.97 Å². The van der Waals surface area contributed by atoms with Gasteiger partial charge in [-0.3, -0.25) is 0 Å². The molecule has 0 aliphatic heterocycles. The summed E-state index contributed by atoms with van der Waals surface area (Å²) in [6.07, 6.45) is 9.66. The number of hydrogen-bond acceptors (Lipinski definition) is 3. The van der Waals surface area contributed by atoms with Gasteiger partial charge in [-0.1, -0.05) is 38.3 Å². The number of unbranched alkanes of at least 4 members (excludes halogenated alkanes) is 3. The smallest absolute Gasteiger partial charge is 0.321 e. The van der Waals surface area contributed by atoms with Crippen molar-refractivity contribution in [3.63, 3.8) is 0 Å². The second-order valence-corrected chi connectivity index (χ2v) is 4.59. The summed E-state index contributed by atoms with van der Waals surface area (Å²) in [7, 11) is 0. The van der Waals surface area contributed by atoms with Crippen LogP contribution in [-0.4, -0.2) is 9.97 Å². The fourth-order valence-corrected chi connectivity index (χ4v) is 1.92. The van der Waals surface area contributed by atoms with Gasteiger partial charge in [-0.2, -0.15) is 0 Å². The van der Waals surface area contributed by atoms with Crippen LogP contribution < -0.4 is 4.74 Å². The van der Waals surface area contributed by atoms with Crippen LogP contribution in [0.4, 0.5) is 0 Å². The van der Waals surface area contributed by atoms with Crippen molar-refractivity contribution in [2.75, 3.05) is 0 Å². The van der Waals surface area contributed by atoms with Gasteiger partial charge in [-0.05, 0) is 36.6 Å². The van der Waals surface area contributed by atoms with E-state index in [1.165, 1.54) is 31.2 Å².